The van der Waals surface area contributed by atoms with Crippen molar-refractivity contribution in [3.63, 3.8) is 0 Å². The van der Waals surface area contributed by atoms with Gasteiger partial charge in [-0.3, -0.25) is 29.4 Å². The molecule has 1 aromatic carbocycles. The van der Waals surface area contributed by atoms with Crippen molar-refractivity contribution in [2.45, 2.75) is 26.2 Å². The van der Waals surface area contributed by atoms with E-state index in [-0.39, 0.29) is 48.0 Å². The minimum atomic E-state index is -0.562. The van der Waals surface area contributed by atoms with E-state index in [2.05, 4.69) is 5.32 Å². The highest BCUT2D eigenvalue weighted by atomic mass is 16.6. The van der Waals surface area contributed by atoms with Crippen molar-refractivity contribution >= 4 is 29.1 Å². The normalized spacial score (nSPS) is 21.7. The third-order valence-corrected chi connectivity index (χ3v) is 4.79. The van der Waals surface area contributed by atoms with E-state index in [1.54, 1.807) is 13.0 Å². The van der Waals surface area contributed by atoms with E-state index in [4.69, 9.17) is 0 Å². The number of nitro groups is 1. The number of imide groups is 1. The van der Waals surface area contributed by atoms with Gasteiger partial charge in [0.2, 0.25) is 17.7 Å². The van der Waals surface area contributed by atoms with Gasteiger partial charge in [-0.2, -0.15) is 0 Å². The molecule has 1 N–H and O–H groups in total. The summed E-state index contributed by atoms with van der Waals surface area (Å²) in [6.45, 7) is 1.70. The highest BCUT2D eigenvalue weighted by Crippen LogP contribution is 2.35. The molecule has 0 unspecified atom stereocenters. The van der Waals surface area contributed by atoms with Crippen molar-refractivity contribution in [3.8, 4) is 0 Å². The van der Waals surface area contributed by atoms with Crippen molar-refractivity contribution in [1.29, 1.82) is 0 Å². The van der Waals surface area contributed by atoms with Crippen LogP contribution >= 0.6 is 0 Å². The molecule has 2 aliphatic rings. The number of nitrogens with one attached hydrogen (secondary N) is 1. The fourth-order valence-corrected chi connectivity index (χ4v) is 3.41. The van der Waals surface area contributed by atoms with Gasteiger partial charge in [0.15, 0.2) is 0 Å². The number of carbonyl (C=O) groups excluding carboxylic acids is 3. The Balaban J connectivity index is 1.62. The third-order valence-electron chi connectivity index (χ3n) is 4.79. The Hall–Kier alpha value is -3.03. The lowest BCUT2D eigenvalue weighted by atomic mass is 9.85. The molecule has 2 atom stereocenters. The molecule has 1 aliphatic heterocycles. The topological polar surface area (TPSA) is 110 Å². The summed E-state index contributed by atoms with van der Waals surface area (Å²) >= 11 is 0. The summed E-state index contributed by atoms with van der Waals surface area (Å²) in [5.41, 5.74) is 0.616. The average Bonchev–Trinajstić information content (AvgIpc) is 2.86. The number of rotatable bonds is 5. The first-order valence-electron chi connectivity index (χ1n) is 8.43. The molecule has 0 radical (unpaired) electrons. The van der Waals surface area contributed by atoms with Gasteiger partial charge in [0, 0.05) is 19.0 Å². The maximum absolute atomic E-state index is 12.4. The number of hydrogen-bond donors (Lipinski definition) is 1. The minimum Gasteiger partial charge on any atom is -0.320 e. The van der Waals surface area contributed by atoms with Gasteiger partial charge in [-0.15, -0.1) is 0 Å². The Morgan fingerprint density at radius 2 is 1.85 bits per heavy atom. The van der Waals surface area contributed by atoms with Gasteiger partial charge in [-0.1, -0.05) is 18.2 Å². The molecule has 3 amide bonds. The van der Waals surface area contributed by atoms with Crippen molar-refractivity contribution in [2.24, 2.45) is 11.8 Å². The first kappa shape index (κ1) is 17.8. The van der Waals surface area contributed by atoms with Crippen LogP contribution in [-0.4, -0.2) is 34.1 Å². The van der Waals surface area contributed by atoms with Crippen LogP contribution < -0.4 is 5.32 Å². The van der Waals surface area contributed by atoms with Gasteiger partial charge in [0.1, 0.15) is 5.69 Å². The Morgan fingerprint density at radius 1 is 1.23 bits per heavy atom. The van der Waals surface area contributed by atoms with Crippen LogP contribution in [0.1, 0.15) is 24.8 Å². The summed E-state index contributed by atoms with van der Waals surface area (Å²) in [4.78, 5) is 48.6. The van der Waals surface area contributed by atoms with Crippen molar-refractivity contribution in [1.82, 2.24) is 4.90 Å². The Labute approximate surface area is 150 Å². The van der Waals surface area contributed by atoms with E-state index < -0.39 is 10.8 Å². The number of benzene rings is 1. The second-order valence-corrected chi connectivity index (χ2v) is 6.56. The monoisotopic (exact) mass is 357 g/mol. The molecular weight excluding hydrogens is 338 g/mol. The summed E-state index contributed by atoms with van der Waals surface area (Å²) in [5, 5.41) is 13.6. The van der Waals surface area contributed by atoms with Crippen molar-refractivity contribution < 1.29 is 19.3 Å². The van der Waals surface area contributed by atoms with Gasteiger partial charge in [-0.25, -0.2) is 0 Å². The van der Waals surface area contributed by atoms with Gasteiger partial charge in [0.25, 0.3) is 5.69 Å². The Bertz CT molecular complexity index is 791. The Morgan fingerprint density at radius 3 is 2.42 bits per heavy atom. The smallest absolute Gasteiger partial charge is 0.293 e. The SMILES string of the molecule is Cc1ccc(NC(=O)CCN2C(=O)[C@H]3CC=CC[C@H]3C2=O)c([N+](=O)[O-])c1. The van der Waals surface area contributed by atoms with E-state index >= 15 is 0 Å². The summed E-state index contributed by atoms with van der Waals surface area (Å²) in [7, 11) is 0. The van der Waals surface area contributed by atoms with E-state index in [0.29, 0.717) is 18.4 Å². The highest BCUT2D eigenvalue weighted by Gasteiger charge is 2.46. The highest BCUT2D eigenvalue weighted by molar-refractivity contribution is 6.06. The first-order chi connectivity index (χ1) is 12.4. The predicted octanol–water partition coefficient (Wildman–Crippen LogP) is 2.18. The zero-order valence-corrected chi connectivity index (χ0v) is 14.3. The van der Waals surface area contributed by atoms with E-state index in [1.807, 2.05) is 12.2 Å². The zero-order valence-electron chi connectivity index (χ0n) is 14.3. The fourth-order valence-electron chi connectivity index (χ4n) is 3.41. The average molecular weight is 357 g/mol. The second-order valence-electron chi connectivity index (χ2n) is 6.56. The van der Waals surface area contributed by atoms with Crippen LogP contribution in [0.3, 0.4) is 0 Å². The molecule has 8 nitrogen and oxygen atoms in total. The summed E-state index contributed by atoms with van der Waals surface area (Å²) in [6, 6.07) is 4.51. The van der Waals surface area contributed by atoms with E-state index in [9.17, 15) is 24.5 Å². The maximum Gasteiger partial charge on any atom is 0.293 e. The molecule has 1 aromatic rings. The van der Waals surface area contributed by atoms with E-state index in [1.165, 1.54) is 12.1 Å². The molecule has 1 aliphatic carbocycles. The summed E-state index contributed by atoms with van der Waals surface area (Å²) in [6.07, 6.45) is 4.80. The number of nitrogens with zero attached hydrogens (tertiary/aromatic N) is 2. The summed E-state index contributed by atoms with van der Waals surface area (Å²) in [5.74, 6) is -1.61. The number of nitro benzene ring substituents is 1. The standard InChI is InChI=1S/C18H19N3O5/c1-11-6-7-14(15(10-11)21(25)26)19-16(22)8-9-20-17(23)12-4-2-3-5-13(12)18(20)24/h2-3,6-7,10,12-13H,4-5,8-9H2,1H3,(H,19,22)/t12-,13+. The predicted molar refractivity (Wildman–Crippen MR) is 93.2 cm³/mol. The lowest BCUT2D eigenvalue weighted by Gasteiger charge is -2.14. The number of fused-ring (bicyclic) bond motifs is 1. The van der Waals surface area contributed by atoms with Crippen LogP contribution in [0.25, 0.3) is 0 Å². The van der Waals surface area contributed by atoms with Crippen LogP contribution in [0.2, 0.25) is 0 Å². The molecule has 3 rings (SSSR count). The van der Waals surface area contributed by atoms with Crippen LogP contribution in [0.15, 0.2) is 30.4 Å². The molecule has 136 valence electrons. The molecule has 0 aromatic heterocycles. The van der Waals surface area contributed by atoms with Crippen LogP contribution in [-0.2, 0) is 14.4 Å². The van der Waals surface area contributed by atoms with Crippen LogP contribution in [0, 0.1) is 28.9 Å². The van der Waals surface area contributed by atoms with Crippen LogP contribution in [0.5, 0.6) is 0 Å². The molecule has 0 saturated carbocycles. The minimum absolute atomic E-state index is 0.0177. The van der Waals surface area contributed by atoms with Crippen molar-refractivity contribution in [3.05, 3.63) is 46.0 Å². The van der Waals surface area contributed by atoms with Gasteiger partial charge < -0.3 is 5.32 Å². The fraction of sp³-hybridized carbons (Fsp3) is 0.389. The number of carbonyl (C=O) groups is 3. The second kappa shape index (κ2) is 7.07. The maximum atomic E-state index is 12.4. The molecule has 1 fully saturated rings. The number of anilines is 1. The molecular formula is C18H19N3O5. The van der Waals surface area contributed by atoms with E-state index in [0.717, 1.165) is 4.90 Å². The largest absolute Gasteiger partial charge is 0.320 e. The third kappa shape index (κ3) is 3.35. The molecule has 1 heterocycles. The Kier molecular flexibility index (Phi) is 4.83. The molecule has 0 spiro atoms. The summed E-state index contributed by atoms with van der Waals surface area (Å²) < 4.78 is 0. The molecule has 0 bridgehead atoms. The lowest BCUT2D eigenvalue weighted by Crippen LogP contribution is -2.34. The van der Waals surface area contributed by atoms with Crippen molar-refractivity contribution in [2.75, 3.05) is 11.9 Å². The molecule has 26 heavy (non-hydrogen) atoms. The molecule has 1 saturated heterocycles. The first-order valence-corrected chi connectivity index (χ1v) is 8.43. The number of aryl methyl sites for hydroxylation is 1. The van der Waals surface area contributed by atoms with Gasteiger partial charge >= 0.3 is 0 Å². The van der Waals surface area contributed by atoms with Gasteiger partial charge in [0.05, 0.1) is 16.8 Å². The van der Waals surface area contributed by atoms with Crippen LogP contribution in [0.4, 0.5) is 11.4 Å². The van der Waals surface area contributed by atoms with Gasteiger partial charge in [-0.05, 0) is 31.4 Å². The zero-order chi connectivity index (χ0) is 18.8. The molecule has 8 heteroatoms. The number of hydrogen-bond acceptors (Lipinski definition) is 5. The number of likely N-dealkylation sites (tertiary alicyclic amines) is 1. The number of amides is 3. The number of allylic oxidation sites excluding steroid dienone is 2. The lowest BCUT2D eigenvalue weighted by molar-refractivity contribution is -0.384. The quantitative estimate of drug-likeness (QED) is 0.376.